The summed E-state index contributed by atoms with van der Waals surface area (Å²) in [5.41, 5.74) is 1.73. The van der Waals surface area contributed by atoms with E-state index in [2.05, 4.69) is 20.4 Å². The van der Waals surface area contributed by atoms with Gasteiger partial charge in [-0.1, -0.05) is 44.2 Å². The van der Waals surface area contributed by atoms with Gasteiger partial charge in [-0.15, -0.1) is 0 Å². The molecule has 0 spiro atoms. The van der Waals surface area contributed by atoms with Gasteiger partial charge in [0.25, 0.3) is 0 Å². The van der Waals surface area contributed by atoms with Gasteiger partial charge >= 0.3 is 0 Å². The third-order valence-corrected chi connectivity index (χ3v) is 1.70. The molecule has 0 aliphatic heterocycles. The summed E-state index contributed by atoms with van der Waals surface area (Å²) < 4.78 is 0. The van der Waals surface area contributed by atoms with Gasteiger partial charge in [-0.3, -0.25) is 4.79 Å². The molecule has 0 aromatic carbocycles. The second-order valence-electron chi connectivity index (χ2n) is 2.97. The Labute approximate surface area is 74.5 Å². The molecular weight excluding hydrogens is 148 g/mol. The maximum absolute atomic E-state index is 10.4. The Morgan fingerprint density at radius 3 is 2.25 bits per heavy atom. The van der Waals surface area contributed by atoms with E-state index in [1.54, 1.807) is 12.2 Å². The van der Waals surface area contributed by atoms with Crippen molar-refractivity contribution >= 4 is 6.29 Å². The molecule has 0 amide bonds. The molecule has 1 nitrogen and oxygen atoms in total. The van der Waals surface area contributed by atoms with Crippen LogP contribution >= 0.6 is 0 Å². The van der Waals surface area contributed by atoms with Gasteiger partial charge in [0.05, 0.1) is 0 Å². The first-order valence-electron chi connectivity index (χ1n) is 4.10. The van der Waals surface area contributed by atoms with Crippen molar-refractivity contribution in [1.29, 1.82) is 0 Å². The van der Waals surface area contributed by atoms with Crippen LogP contribution in [0, 0.1) is 5.92 Å². The number of aldehydes is 1. The standard InChI is InChI=1S/C11H16O/c1-5-11(8-12)7-6-10(4)9(2)3/h5-9H,4H2,1-3H3. The van der Waals surface area contributed by atoms with Gasteiger partial charge in [0.2, 0.25) is 0 Å². The molecule has 0 rings (SSSR count). The van der Waals surface area contributed by atoms with E-state index in [0.29, 0.717) is 11.5 Å². The summed E-state index contributed by atoms with van der Waals surface area (Å²) >= 11 is 0. The SMILES string of the molecule is C=C(C=CC(C=O)=CC)C(C)C. The number of carbonyl (C=O) groups is 1. The molecule has 0 atom stereocenters. The highest BCUT2D eigenvalue weighted by molar-refractivity contribution is 5.77. The van der Waals surface area contributed by atoms with Crippen molar-refractivity contribution in [3.05, 3.63) is 36.0 Å². The molecule has 0 bridgehead atoms. The first kappa shape index (κ1) is 10.9. The highest BCUT2D eigenvalue weighted by Gasteiger charge is 1.94. The predicted molar refractivity (Wildman–Crippen MR) is 52.9 cm³/mol. The predicted octanol–water partition coefficient (Wildman–Crippen LogP) is 2.90. The minimum absolute atomic E-state index is 0.436. The number of rotatable bonds is 4. The van der Waals surface area contributed by atoms with Gasteiger partial charge < -0.3 is 0 Å². The Bertz CT molecular complexity index is 219. The number of carbonyl (C=O) groups excluding carboxylic acids is 1. The van der Waals surface area contributed by atoms with Crippen molar-refractivity contribution in [3.63, 3.8) is 0 Å². The second kappa shape index (κ2) is 5.53. The van der Waals surface area contributed by atoms with Gasteiger partial charge in [0.15, 0.2) is 0 Å². The minimum Gasteiger partial charge on any atom is -0.298 e. The van der Waals surface area contributed by atoms with Crippen molar-refractivity contribution in [2.45, 2.75) is 20.8 Å². The third kappa shape index (κ3) is 3.91. The van der Waals surface area contributed by atoms with E-state index in [-0.39, 0.29) is 0 Å². The molecule has 12 heavy (non-hydrogen) atoms. The van der Waals surface area contributed by atoms with Gasteiger partial charge in [-0.25, -0.2) is 0 Å². The molecule has 0 aromatic rings. The molecule has 1 heteroatoms. The summed E-state index contributed by atoms with van der Waals surface area (Å²) in [4.78, 5) is 10.4. The molecule has 0 radical (unpaired) electrons. The number of allylic oxidation sites excluding steroid dienone is 5. The fourth-order valence-electron chi connectivity index (χ4n) is 0.599. The Kier molecular flexibility index (Phi) is 5.02. The van der Waals surface area contributed by atoms with E-state index in [0.717, 1.165) is 11.9 Å². The van der Waals surface area contributed by atoms with Gasteiger partial charge in [0.1, 0.15) is 6.29 Å². The molecule has 0 unspecified atom stereocenters. The highest BCUT2D eigenvalue weighted by atomic mass is 16.1. The lowest BCUT2D eigenvalue weighted by molar-refractivity contribution is -0.104. The van der Waals surface area contributed by atoms with Crippen LogP contribution in [0.25, 0.3) is 0 Å². The topological polar surface area (TPSA) is 17.1 Å². The van der Waals surface area contributed by atoms with E-state index in [1.165, 1.54) is 0 Å². The van der Waals surface area contributed by atoms with Crippen molar-refractivity contribution in [2.75, 3.05) is 0 Å². The molecule has 0 heterocycles. The Balaban J connectivity index is 4.24. The van der Waals surface area contributed by atoms with Crippen molar-refractivity contribution < 1.29 is 4.79 Å². The lowest BCUT2D eigenvalue weighted by Gasteiger charge is -2.01. The maximum atomic E-state index is 10.4. The van der Waals surface area contributed by atoms with Gasteiger partial charge in [0, 0.05) is 5.57 Å². The molecule has 66 valence electrons. The second-order valence-corrected chi connectivity index (χ2v) is 2.97. The van der Waals surface area contributed by atoms with Gasteiger partial charge in [-0.05, 0) is 12.8 Å². The first-order valence-corrected chi connectivity index (χ1v) is 4.10. The van der Waals surface area contributed by atoms with Crippen molar-refractivity contribution in [3.8, 4) is 0 Å². The summed E-state index contributed by atoms with van der Waals surface area (Å²) in [5, 5.41) is 0. The molecule has 0 N–H and O–H groups in total. The maximum Gasteiger partial charge on any atom is 0.149 e. The minimum atomic E-state index is 0.436. The van der Waals surface area contributed by atoms with E-state index < -0.39 is 0 Å². The zero-order chi connectivity index (χ0) is 9.56. The van der Waals surface area contributed by atoms with E-state index in [4.69, 9.17) is 0 Å². The third-order valence-electron chi connectivity index (χ3n) is 1.70. The van der Waals surface area contributed by atoms with Crippen LogP contribution < -0.4 is 0 Å². The average Bonchev–Trinajstić information content (AvgIpc) is 2.05. The van der Waals surface area contributed by atoms with Crippen LogP contribution in [0.1, 0.15) is 20.8 Å². The van der Waals surface area contributed by atoms with Crippen LogP contribution in [0.4, 0.5) is 0 Å². The normalized spacial score (nSPS) is 12.5. The van der Waals surface area contributed by atoms with Crippen molar-refractivity contribution in [2.24, 2.45) is 5.92 Å². The quantitative estimate of drug-likeness (QED) is 0.355. The lowest BCUT2D eigenvalue weighted by atomic mass is 10.0. The molecule has 0 aliphatic carbocycles. The van der Waals surface area contributed by atoms with Crippen LogP contribution in [0.5, 0.6) is 0 Å². The first-order chi connectivity index (χ1) is 5.61. The van der Waals surface area contributed by atoms with E-state index >= 15 is 0 Å². The summed E-state index contributed by atoms with van der Waals surface area (Å²) in [6, 6.07) is 0. The van der Waals surface area contributed by atoms with E-state index in [1.807, 2.05) is 13.0 Å². The van der Waals surface area contributed by atoms with Crippen LogP contribution in [0.3, 0.4) is 0 Å². The smallest absolute Gasteiger partial charge is 0.149 e. The van der Waals surface area contributed by atoms with Crippen molar-refractivity contribution in [1.82, 2.24) is 0 Å². The van der Waals surface area contributed by atoms with Crippen LogP contribution in [-0.2, 0) is 4.79 Å². The largest absolute Gasteiger partial charge is 0.298 e. The zero-order valence-electron chi connectivity index (χ0n) is 8.00. The molecule has 0 saturated heterocycles. The zero-order valence-corrected chi connectivity index (χ0v) is 8.00. The van der Waals surface area contributed by atoms with Crippen LogP contribution in [0.15, 0.2) is 36.0 Å². The number of hydrogen-bond donors (Lipinski definition) is 0. The summed E-state index contributed by atoms with van der Waals surface area (Å²) in [6.45, 7) is 9.85. The van der Waals surface area contributed by atoms with Crippen LogP contribution in [0.2, 0.25) is 0 Å². The Morgan fingerprint density at radius 1 is 1.33 bits per heavy atom. The lowest BCUT2D eigenvalue weighted by Crippen LogP contribution is -1.88. The highest BCUT2D eigenvalue weighted by Crippen LogP contribution is 2.08. The van der Waals surface area contributed by atoms with Gasteiger partial charge in [-0.2, -0.15) is 0 Å². The summed E-state index contributed by atoms with van der Waals surface area (Å²) in [5.74, 6) is 0.436. The number of hydrogen-bond acceptors (Lipinski definition) is 1. The molecule has 0 aliphatic rings. The Morgan fingerprint density at radius 2 is 1.92 bits per heavy atom. The van der Waals surface area contributed by atoms with Crippen LogP contribution in [-0.4, -0.2) is 6.29 Å². The van der Waals surface area contributed by atoms with E-state index in [9.17, 15) is 4.79 Å². The Hall–Kier alpha value is -1.11. The average molecular weight is 164 g/mol. The fourth-order valence-corrected chi connectivity index (χ4v) is 0.599. The fraction of sp³-hybridized carbons (Fsp3) is 0.364. The monoisotopic (exact) mass is 164 g/mol. The molecule has 0 fully saturated rings. The molecule has 0 aromatic heterocycles. The summed E-state index contributed by atoms with van der Waals surface area (Å²) in [7, 11) is 0. The summed E-state index contributed by atoms with van der Waals surface area (Å²) in [6.07, 6.45) is 6.28. The molecular formula is C11H16O. The molecule has 0 saturated carbocycles.